The molecule has 0 bridgehead atoms. The number of halogens is 3. The highest BCUT2D eigenvalue weighted by Gasteiger charge is 2.16. The summed E-state index contributed by atoms with van der Waals surface area (Å²) in [6, 6.07) is 4.80. The second-order valence-corrected chi connectivity index (χ2v) is 4.89. The van der Waals surface area contributed by atoms with E-state index in [4.69, 9.17) is 5.73 Å². The van der Waals surface area contributed by atoms with Crippen LogP contribution in [0.2, 0.25) is 0 Å². The average molecular weight is 342 g/mol. The Balaban J connectivity index is 2.31. The lowest BCUT2D eigenvalue weighted by molar-refractivity contribution is 0.102. The number of carbonyl (C=O) groups excluding carboxylic acids is 1. The van der Waals surface area contributed by atoms with Crippen LogP contribution in [0.25, 0.3) is 0 Å². The van der Waals surface area contributed by atoms with E-state index in [1.807, 2.05) is 0 Å². The molecule has 0 aliphatic carbocycles. The van der Waals surface area contributed by atoms with Gasteiger partial charge in [-0.3, -0.25) is 4.79 Å². The van der Waals surface area contributed by atoms with Gasteiger partial charge in [0.1, 0.15) is 16.2 Å². The largest absolute Gasteiger partial charge is 0.396 e. The normalized spacial score (nSPS) is 10.4. The number of hydrogen-bond donors (Lipinski definition) is 2. The fourth-order valence-corrected chi connectivity index (χ4v) is 1.99. The molecule has 1 aromatic carbocycles. The van der Waals surface area contributed by atoms with E-state index in [0.717, 1.165) is 6.07 Å². The maximum atomic E-state index is 13.6. The molecule has 0 aliphatic heterocycles. The summed E-state index contributed by atoms with van der Waals surface area (Å²) in [7, 11) is 0. The van der Waals surface area contributed by atoms with Crippen molar-refractivity contribution < 1.29 is 13.6 Å². The molecule has 2 rings (SSSR count). The Labute approximate surface area is 122 Å². The molecule has 4 nitrogen and oxygen atoms in total. The Bertz CT molecular complexity index is 692. The summed E-state index contributed by atoms with van der Waals surface area (Å²) < 4.78 is 27.2. The first-order chi connectivity index (χ1) is 9.38. The Hall–Kier alpha value is -2.02. The van der Waals surface area contributed by atoms with Gasteiger partial charge in [0.2, 0.25) is 0 Å². The molecule has 0 saturated heterocycles. The monoisotopic (exact) mass is 341 g/mol. The quantitative estimate of drug-likeness (QED) is 0.650. The summed E-state index contributed by atoms with van der Waals surface area (Å²) >= 11 is 3.19. The smallest absolute Gasteiger partial charge is 0.258 e. The first-order valence-electron chi connectivity index (χ1n) is 5.57. The predicted octanol–water partition coefficient (Wildman–Crippen LogP) is 3.27. The van der Waals surface area contributed by atoms with E-state index in [1.165, 1.54) is 0 Å². The van der Waals surface area contributed by atoms with Crippen molar-refractivity contribution in [1.29, 1.82) is 0 Å². The zero-order chi connectivity index (χ0) is 14.9. The number of aryl methyl sites for hydroxylation is 1. The molecule has 104 valence electrons. The van der Waals surface area contributed by atoms with Gasteiger partial charge >= 0.3 is 0 Å². The van der Waals surface area contributed by atoms with E-state index in [0.29, 0.717) is 22.1 Å². The maximum absolute atomic E-state index is 13.6. The van der Waals surface area contributed by atoms with Crippen molar-refractivity contribution in [2.24, 2.45) is 0 Å². The van der Waals surface area contributed by atoms with Gasteiger partial charge in [0.25, 0.3) is 5.91 Å². The van der Waals surface area contributed by atoms with Gasteiger partial charge in [-0.25, -0.2) is 13.8 Å². The number of amides is 1. The van der Waals surface area contributed by atoms with Crippen LogP contribution in [0.4, 0.5) is 20.2 Å². The van der Waals surface area contributed by atoms with Crippen LogP contribution < -0.4 is 11.1 Å². The fourth-order valence-electron chi connectivity index (χ4n) is 1.59. The van der Waals surface area contributed by atoms with Crippen LogP contribution in [0.5, 0.6) is 0 Å². The number of nitrogens with two attached hydrogens (primary N) is 1. The number of nitrogens with zero attached hydrogens (tertiary/aromatic N) is 1. The number of aromatic nitrogens is 1. The average Bonchev–Trinajstić information content (AvgIpc) is 2.37. The van der Waals surface area contributed by atoms with E-state index >= 15 is 0 Å². The lowest BCUT2D eigenvalue weighted by Gasteiger charge is -2.09. The van der Waals surface area contributed by atoms with Crippen molar-refractivity contribution in [1.82, 2.24) is 4.98 Å². The van der Waals surface area contributed by atoms with Crippen molar-refractivity contribution in [2.75, 3.05) is 11.1 Å². The van der Waals surface area contributed by atoms with Crippen LogP contribution in [0.1, 0.15) is 16.1 Å². The standard InChI is InChI=1S/C13H10BrF2N3O/c1-6-11(2-3-12(14)18-6)19-13(20)7-4-10(17)9(16)5-8(7)15/h2-5H,17H2,1H3,(H,19,20). The van der Waals surface area contributed by atoms with Crippen LogP contribution in [-0.4, -0.2) is 10.9 Å². The van der Waals surface area contributed by atoms with Crippen LogP contribution in [-0.2, 0) is 0 Å². The highest BCUT2D eigenvalue weighted by Crippen LogP contribution is 2.20. The number of nitrogen functional groups attached to an aromatic ring is 1. The molecule has 0 aliphatic rings. The van der Waals surface area contributed by atoms with Crippen molar-refractivity contribution in [3.63, 3.8) is 0 Å². The zero-order valence-corrected chi connectivity index (χ0v) is 12.0. The number of pyridine rings is 1. The third kappa shape index (κ3) is 2.93. The molecule has 0 fully saturated rings. The molecule has 0 atom stereocenters. The third-order valence-corrected chi connectivity index (χ3v) is 3.07. The van der Waals surface area contributed by atoms with E-state index < -0.39 is 17.5 Å². The minimum atomic E-state index is -0.975. The van der Waals surface area contributed by atoms with Gasteiger partial charge in [-0.2, -0.15) is 0 Å². The van der Waals surface area contributed by atoms with Gasteiger partial charge in [0, 0.05) is 6.07 Å². The van der Waals surface area contributed by atoms with Gasteiger partial charge in [-0.05, 0) is 41.1 Å². The minimum absolute atomic E-state index is 0.290. The molecule has 0 saturated carbocycles. The molecule has 2 aromatic rings. The fraction of sp³-hybridized carbons (Fsp3) is 0.0769. The van der Waals surface area contributed by atoms with Crippen LogP contribution in [0, 0.1) is 18.6 Å². The molecule has 0 unspecified atom stereocenters. The summed E-state index contributed by atoms with van der Waals surface area (Å²) in [5.74, 6) is -2.60. The number of hydrogen-bond acceptors (Lipinski definition) is 3. The number of anilines is 2. The van der Waals surface area contributed by atoms with Gasteiger partial charge in [0.15, 0.2) is 0 Å². The SMILES string of the molecule is Cc1nc(Br)ccc1NC(=O)c1cc(N)c(F)cc1F. The molecule has 0 radical (unpaired) electrons. The summed E-state index contributed by atoms with van der Waals surface area (Å²) in [6.45, 7) is 1.69. The van der Waals surface area contributed by atoms with Gasteiger partial charge < -0.3 is 11.1 Å². The van der Waals surface area contributed by atoms with Gasteiger partial charge in [0.05, 0.1) is 22.6 Å². The summed E-state index contributed by atoms with van der Waals surface area (Å²) in [4.78, 5) is 16.1. The molecule has 3 N–H and O–H groups in total. The Morgan fingerprint density at radius 3 is 2.65 bits per heavy atom. The molecule has 7 heteroatoms. The molecular weight excluding hydrogens is 332 g/mol. The van der Waals surface area contributed by atoms with Gasteiger partial charge in [-0.15, -0.1) is 0 Å². The summed E-state index contributed by atoms with van der Waals surface area (Å²) in [6.07, 6.45) is 0. The first-order valence-corrected chi connectivity index (χ1v) is 6.37. The van der Waals surface area contributed by atoms with E-state index in [9.17, 15) is 13.6 Å². The van der Waals surface area contributed by atoms with Crippen molar-refractivity contribution >= 4 is 33.2 Å². The second kappa shape index (κ2) is 5.54. The number of nitrogens with one attached hydrogen (secondary N) is 1. The Morgan fingerprint density at radius 1 is 1.30 bits per heavy atom. The zero-order valence-electron chi connectivity index (χ0n) is 10.4. The maximum Gasteiger partial charge on any atom is 0.258 e. The number of carbonyl (C=O) groups is 1. The molecule has 1 aromatic heterocycles. The Kier molecular flexibility index (Phi) is 3.99. The highest BCUT2D eigenvalue weighted by atomic mass is 79.9. The third-order valence-electron chi connectivity index (χ3n) is 2.63. The first kappa shape index (κ1) is 14.4. The number of rotatable bonds is 2. The molecule has 1 amide bonds. The predicted molar refractivity (Wildman–Crippen MR) is 75.4 cm³/mol. The van der Waals surface area contributed by atoms with Crippen molar-refractivity contribution in [3.8, 4) is 0 Å². The van der Waals surface area contributed by atoms with Crippen molar-refractivity contribution in [2.45, 2.75) is 6.92 Å². The molecule has 1 heterocycles. The topological polar surface area (TPSA) is 68.0 Å². The van der Waals surface area contributed by atoms with Gasteiger partial charge in [-0.1, -0.05) is 0 Å². The Morgan fingerprint density at radius 2 is 2.00 bits per heavy atom. The lowest BCUT2D eigenvalue weighted by Crippen LogP contribution is -2.15. The highest BCUT2D eigenvalue weighted by molar-refractivity contribution is 9.10. The van der Waals surface area contributed by atoms with Crippen LogP contribution >= 0.6 is 15.9 Å². The van der Waals surface area contributed by atoms with Crippen molar-refractivity contribution in [3.05, 3.63) is 51.8 Å². The lowest BCUT2D eigenvalue weighted by atomic mass is 10.1. The van der Waals surface area contributed by atoms with Crippen LogP contribution in [0.3, 0.4) is 0 Å². The number of benzene rings is 1. The van der Waals surface area contributed by atoms with Crippen LogP contribution in [0.15, 0.2) is 28.9 Å². The van der Waals surface area contributed by atoms with E-state index in [2.05, 4.69) is 26.2 Å². The molecule has 20 heavy (non-hydrogen) atoms. The van der Waals surface area contributed by atoms with E-state index in [1.54, 1.807) is 19.1 Å². The molecular formula is C13H10BrF2N3O. The summed E-state index contributed by atoms with van der Waals surface area (Å²) in [5.41, 5.74) is 5.70. The molecule has 0 spiro atoms. The second-order valence-electron chi connectivity index (χ2n) is 4.07. The summed E-state index contributed by atoms with van der Waals surface area (Å²) in [5, 5.41) is 2.50. The van der Waals surface area contributed by atoms with E-state index in [-0.39, 0.29) is 11.3 Å². The minimum Gasteiger partial charge on any atom is -0.396 e.